The number of hydrazine groups is 1. The summed E-state index contributed by atoms with van der Waals surface area (Å²) in [4.78, 5) is 13.2. The van der Waals surface area contributed by atoms with Gasteiger partial charge in [0.2, 0.25) is 5.91 Å². The number of nitrogens with two attached hydrogens (primary N) is 1. The normalized spacial score (nSPS) is 27.3. The maximum absolute atomic E-state index is 11.0. The van der Waals surface area contributed by atoms with Crippen LogP contribution in [0.25, 0.3) is 0 Å². The van der Waals surface area contributed by atoms with E-state index in [-0.39, 0.29) is 18.1 Å². The van der Waals surface area contributed by atoms with Crippen LogP contribution in [0.4, 0.5) is 0 Å². The number of carbonyl (C=O) groups is 1. The summed E-state index contributed by atoms with van der Waals surface area (Å²) in [5.41, 5.74) is 2.13. The lowest BCUT2D eigenvalue weighted by Crippen LogP contribution is -2.43. The van der Waals surface area contributed by atoms with Crippen molar-refractivity contribution in [1.29, 1.82) is 0 Å². The molecule has 1 amide bonds. The van der Waals surface area contributed by atoms with Gasteiger partial charge in [0.05, 0.1) is 6.10 Å². The van der Waals surface area contributed by atoms with Crippen LogP contribution in [-0.2, 0) is 4.79 Å². The van der Waals surface area contributed by atoms with E-state index in [4.69, 9.17) is 10.9 Å². The molecule has 1 saturated carbocycles. The van der Waals surface area contributed by atoms with Gasteiger partial charge in [0.15, 0.2) is 0 Å². The Kier molecular flexibility index (Phi) is 4.50. The minimum absolute atomic E-state index is 0.106. The molecule has 5 nitrogen and oxygen atoms in total. The molecule has 0 aromatic carbocycles. The SMILES string of the molecule is CC(CC(=O)NN)N(C)CC1CC(O)C1. The monoisotopic (exact) mass is 215 g/mol. The first-order valence-electron chi connectivity index (χ1n) is 5.40. The first kappa shape index (κ1) is 12.4. The molecule has 4 N–H and O–H groups in total. The molecule has 0 aliphatic heterocycles. The molecule has 1 unspecified atom stereocenters. The fourth-order valence-corrected chi connectivity index (χ4v) is 1.92. The summed E-state index contributed by atoms with van der Waals surface area (Å²) in [7, 11) is 2.00. The fraction of sp³-hybridized carbons (Fsp3) is 0.900. The molecule has 0 spiro atoms. The van der Waals surface area contributed by atoms with Crippen LogP contribution in [0, 0.1) is 5.92 Å². The van der Waals surface area contributed by atoms with E-state index in [2.05, 4.69) is 10.3 Å². The average Bonchev–Trinajstić information content (AvgIpc) is 2.15. The van der Waals surface area contributed by atoms with Crippen LogP contribution in [0.15, 0.2) is 0 Å². The van der Waals surface area contributed by atoms with Crippen molar-refractivity contribution >= 4 is 5.91 Å². The Morgan fingerprint density at radius 3 is 2.73 bits per heavy atom. The van der Waals surface area contributed by atoms with E-state index in [0.29, 0.717) is 12.3 Å². The molecule has 0 aromatic heterocycles. The number of carbonyl (C=O) groups excluding carboxylic acids is 1. The second kappa shape index (κ2) is 5.44. The van der Waals surface area contributed by atoms with E-state index in [9.17, 15) is 4.79 Å². The predicted octanol–water partition coefficient (Wildman–Crippen LogP) is -0.542. The largest absolute Gasteiger partial charge is 0.393 e. The quantitative estimate of drug-likeness (QED) is 0.327. The van der Waals surface area contributed by atoms with Crippen molar-refractivity contribution in [2.45, 2.75) is 38.3 Å². The summed E-state index contributed by atoms with van der Waals surface area (Å²) in [5, 5.41) is 9.15. The maximum atomic E-state index is 11.0. The van der Waals surface area contributed by atoms with Crippen molar-refractivity contribution in [1.82, 2.24) is 10.3 Å². The highest BCUT2D eigenvalue weighted by Gasteiger charge is 2.29. The minimum atomic E-state index is -0.136. The highest BCUT2D eigenvalue weighted by molar-refractivity contribution is 5.75. The lowest BCUT2D eigenvalue weighted by atomic mass is 9.82. The molecule has 0 aromatic rings. The van der Waals surface area contributed by atoms with Gasteiger partial charge in [0.1, 0.15) is 0 Å². The van der Waals surface area contributed by atoms with Gasteiger partial charge in [-0.05, 0) is 32.7 Å². The standard InChI is InChI=1S/C10H21N3O2/c1-7(3-10(15)12-11)13(2)6-8-4-9(14)5-8/h7-9,14H,3-6,11H2,1-2H3,(H,12,15). The number of nitrogens with zero attached hydrogens (tertiary/aromatic N) is 1. The Labute approximate surface area is 90.6 Å². The number of rotatable bonds is 5. The molecule has 0 heterocycles. The third-order valence-corrected chi connectivity index (χ3v) is 3.15. The topological polar surface area (TPSA) is 78.6 Å². The first-order chi connectivity index (χ1) is 7.02. The predicted molar refractivity (Wildman–Crippen MR) is 57.8 cm³/mol. The van der Waals surface area contributed by atoms with Crippen LogP contribution in [-0.4, -0.2) is 41.7 Å². The summed E-state index contributed by atoms with van der Waals surface area (Å²) in [6.07, 6.45) is 2.09. The molecule has 1 aliphatic rings. The summed E-state index contributed by atoms with van der Waals surface area (Å²) in [6.45, 7) is 2.94. The number of aliphatic hydroxyl groups is 1. The summed E-state index contributed by atoms with van der Waals surface area (Å²) in [6, 6.07) is 0.186. The van der Waals surface area contributed by atoms with Gasteiger partial charge in [0, 0.05) is 19.0 Å². The summed E-state index contributed by atoms with van der Waals surface area (Å²) >= 11 is 0. The number of hydrogen-bond acceptors (Lipinski definition) is 4. The molecule has 1 aliphatic carbocycles. The van der Waals surface area contributed by atoms with Crippen LogP contribution in [0.3, 0.4) is 0 Å². The molecule has 15 heavy (non-hydrogen) atoms. The second-order valence-corrected chi connectivity index (χ2v) is 4.55. The average molecular weight is 215 g/mol. The zero-order valence-electron chi connectivity index (χ0n) is 9.44. The van der Waals surface area contributed by atoms with Gasteiger partial charge in [-0.15, -0.1) is 0 Å². The number of amides is 1. The van der Waals surface area contributed by atoms with E-state index in [1.54, 1.807) is 0 Å². The smallest absolute Gasteiger partial charge is 0.235 e. The number of nitrogens with one attached hydrogen (secondary N) is 1. The second-order valence-electron chi connectivity index (χ2n) is 4.55. The van der Waals surface area contributed by atoms with Crippen molar-refractivity contribution in [2.24, 2.45) is 11.8 Å². The molecule has 0 saturated heterocycles. The van der Waals surface area contributed by atoms with Crippen LogP contribution >= 0.6 is 0 Å². The summed E-state index contributed by atoms with van der Waals surface area (Å²) in [5.74, 6) is 5.47. The molecule has 5 heteroatoms. The van der Waals surface area contributed by atoms with Gasteiger partial charge in [-0.2, -0.15) is 0 Å². The van der Waals surface area contributed by atoms with Crippen molar-refractivity contribution in [2.75, 3.05) is 13.6 Å². The highest BCUT2D eigenvalue weighted by atomic mass is 16.3. The van der Waals surface area contributed by atoms with Gasteiger partial charge in [-0.1, -0.05) is 0 Å². The van der Waals surface area contributed by atoms with Gasteiger partial charge in [-0.25, -0.2) is 5.84 Å². The van der Waals surface area contributed by atoms with Crippen LogP contribution in [0.1, 0.15) is 26.2 Å². The Hall–Kier alpha value is -0.650. The van der Waals surface area contributed by atoms with E-state index < -0.39 is 0 Å². The van der Waals surface area contributed by atoms with E-state index in [1.807, 2.05) is 14.0 Å². The van der Waals surface area contributed by atoms with Crippen molar-refractivity contribution in [3.05, 3.63) is 0 Å². The third-order valence-electron chi connectivity index (χ3n) is 3.15. The zero-order valence-corrected chi connectivity index (χ0v) is 9.44. The van der Waals surface area contributed by atoms with E-state index in [1.165, 1.54) is 0 Å². The lowest BCUT2D eigenvalue weighted by Gasteiger charge is -2.36. The molecular weight excluding hydrogens is 194 g/mol. The van der Waals surface area contributed by atoms with E-state index >= 15 is 0 Å². The van der Waals surface area contributed by atoms with Gasteiger partial charge in [0.25, 0.3) is 0 Å². The highest BCUT2D eigenvalue weighted by Crippen LogP contribution is 2.28. The zero-order chi connectivity index (χ0) is 11.4. The van der Waals surface area contributed by atoms with Crippen molar-refractivity contribution < 1.29 is 9.90 Å². The van der Waals surface area contributed by atoms with Crippen molar-refractivity contribution in [3.8, 4) is 0 Å². The Balaban J connectivity index is 2.20. The van der Waals surface area contributed by atoms with Gasteiger partial charge >= 0.3 is 0 Å². The number of hydrogen-bond donors (Lipinski definition) is 3. The van der Waals surface area contributed by atoms with Crippen LogP contribution in [0.5, 0.6) is 0 Å². The first-order valence-corrected chi connectivity index (χ1v) is 5.40. The fourth-order valence-electron chi connectivity index (χ4n) is 1.92. The Morgan fingerprint density at radius 1 is 1.67 bits per heavy atom. The molecular formula is C10H21N3O2. The minimum Gasteiger partial charge on any atom is -0.393 e. The van der Waals surface area contributed by atoms with Gasteiger partial charge < -0.3 is 10.0 Å². The maximum Gasteiger partial charge on any atom is 0.235 e. The molecule has 88 valence electrons. The molecule has 0 bridgehead atoms. The lowest BCUT2D eigenvalue weighted by molar-refractivity contribution is -0.122. The summed E-state index contributed by atoms with van der Waals surface area (Å²) < 4.78 is 0. The number of aliphatic hydroxyl groups excluding tert-OH is 1. The van der Waals surface area contributed by atoms with Crippen LogP contribution in [0.2, 0.25) is 0 Å². The third kappa shape index (κ3) is 3.77. The van der Waals surface area contributed by atoms with Gasteiger partial charge in [-0.3, -0.25) is 10.2 Å². The molecule has 1 atom stereocenters. The molecule has 1 rings (SSSR count). The molecule has 1 fully saturated rings. The Bertz CT molecular complexity index is 217. The Morgan fingerprint density at radius 2 is 2.27 bits per heavy atom. The van der Waals surface area contributed by atoms with Crippen molar-refractivity contribution in [3.63, 3.8) is 0 Å². The van der Waals surface area contributed by atoms with E-state index in [0.717, 1.165) is 19.4 Å². The molecule has 0 radical (unpaired) electrons. The van der Waals surface area contributed by atoms with Crippen LogP contribution < -0.4 is 11.3 Å².